The van der Waals surface area contributed by atoms with E-state index in [0.29, 0.717) is 30.2 Å². The number of benzene rings is 2. The highest BCUT2D eigenvalue weighted by Crippen LogP contribution is 2.37. The Hall–Kier alpha value is -2.67. The van der Waals surface area contributed by atoms with E-state index in [1.165, 1.54) is 6.20 Å². The third-order valence-electron chi connectivity index (χ3n) is 4.16. The topological polar surface area (TPSA) is 73.3 Å². The Morgan fingerprint density at radius 3 is 2.62 bits per heavy atom. The number of halogens is 1. The zero-order valence-corrected chi connectivity index (χ0v) is 15.6. The number of fused-ring (bicyclic) bond motifs is 2. The maximum Gasteiger partial charge on any atom is 0.271 e. The molecule has 1 aliphatic rings. The standard InChI is InChI=1S/C19H16BrN3O3/c1-11(12-8-17-18(9-13(12)20)26-7-6-25-17)22-19(24)16-10-21-14-4-2-3-5-15(14)23-16/h2-5,8-11H,6-7H2,1H3,(H,22,24)/t11-/m1/s1. The molecule has 2 aromatic carbocycles. The monoisotopic (exact) mass is 413 g/mol. The summed E-state index contributed by atoms with van der Waals surface area (Å²) in [6.07, 6.45) is 1.49. The Morgan fingerprint density at radius 2 is 1.85 bits per heavy atom. The normalized spacial score (nSPS) is 14.1. The van der Waals surface area contributed by atoms with E-state index < -0.39 is 0 Å². The molecule has 1 amide bonds. The summed E-state index contributed by atoms with van der Waals surface area (Å²) in [5, 5.41) is 2.96. The Kier molecular flexibility index (Phi) is 4.46. The van der Waals surface area contributed by atoms with Crippen LogP contribution in [-0.2, 0) is 0 Å². The average Bonchev–Trinajstić information content (AvgIpc) is 2.66. The van der Waals surface area contributed by atoms with Gasteiger partial charge in [-0.1, -0.05) is 28.1 Å². The molecule has 0 saturated carbocycles. The lowest BCUT2D eigenvalue weighted by Crippen LogP contribution is -2.28. The molecule has 7 heteroatoms. The number of amides is 1. The van der Waals surface area contributed by atoms with Crippen LogP contribution in [0.2, 0.25) is 0 Å². The molecule has 4 rings (SSSR count). The lowest BCUT2D eigenvalue weighted by atomic mass is 10.1. The van der Waals surface area contributed by atoms with E-state index in [1.54, 1.807) is 0 Å². The molecule has 0 unspecified atom stereocenters. The molecule has 26 heavy (non-hydrogen) atoms. The molecule has 3 aromatic rings. The van der Waals surface area contributed by atoms with Crippen molar-refractivity contribution in [3.05, 3.63) is 58.3 Å². The van der Waals surface area contributed by atoms with Crippen LogP contribution in [0, 0.1) is 0 Å². The van der Waals surface area contributed by atoms with Gasteiger partial charge in [0.25, 0.3) is 5.91 Å². The molecule has 1 atom stereocenters. The van der Waals surface area contributed by atoms with Crippen molar-refractivity contribution < 1.29 is 14.3 Å². The number of nitrogens with one attached hydrogen (secondary N) is 1. The molecule has 0 saturated heterocycles. The van der Waals surface area contributed by atoms with Crippen molar-refractivity contribution >= 4 is 32.9 Å². The van der Waals surface area contributed by atoms with E-state index in [4.69, 9.17) is 9.47 Å². The minimum atomic E-state index is -0.280. The number of nitrogens with zero attached hydrogens (tertiary/aromatic N) is 2. The molecule has 0 fully saturated rings. The highest BCUT2D eigenvalue weighted by molar-refractivity contribution is 9.10. The molecule has 0 spiro atoms. The molecule has 0 radical (unpaired) electrons. The van der Waals surface area contributed by atoms with Crippen LogP contribution in [0.5, 0.6) is 11.5 Å². The number of carbonyl (C=O) groups is 1. The van der Waals surface area contributed by atoms with Crippen LogP contribution in [0.15, 0.2) is 47.1 Å². The van der Waals surface area contributed by atoms with Gasteiger partial charge < -0.3 is 14.8 Å². The van der Waals surface area contributed by atoms with Gasteiger partial charge in [0.1, 0.15) is 18.9 Å². The van der Waals surface area contributed by atoms with Crippen LogP contribution in [0.4, 0.5) is 0 Å². The van der Waals surface area contributed by atoms with Crippen molar-refractivity contribution in [3.8, 4) is 11.5 Å². The van der Waals surface area contributed by atoms with Gasteiger partial charge in [-0.2, -0.15) is 0 Å². The number of hydrogen-bond acceptors (Lipinski definition) is 5. The fourth-order valence-electron chi connectivity index (χ4n) is 2.83. The van der Waals surface area contributed by atoms with Crippen molar-refractivity contribution in [3.63, 3.8) is 0 Å². The van der Waals surface area contributed by atoms with E-state index in [-0.39, 0.29) is 17.6 Å². The fraction of sp³-hybridized carbons (Fsp3) is 0.211. The largest absolute Gasteiger partial charge is 0.486 e. The summed E-state index contributed by atoms with van der Waals surface area (Å²) in [6.45, 7) is 2.95. The van der Waals surface area contributed by atoms with Gasteiger partial charge in [0.2, 0.25) is 0 Å². The molecule has 1 aliphatic heterocycles. The van der Waals surface area contributed by atoms with Crippen LogP contribution in [-0.4, -0.2) is 29.1 Å². The van der Waals surface area contributed by atoms with Gasteiger partial charge in [-0.05, 0) is 36.8 Å². The lowest BCUT2D eigenvalue weighted by Gasteiger charge is -2.22. The smallest absolute Gasteiger partial charge is 0.271 e. The molecular formula is C19H16BrN3O3. The summed E-state index contributed by atoms with van der Waals surface area (Å²) in [7, 11) is 0. The van der Waals surface area contributed by atoms with Crippen molar-refractivity contribution in [1.29, 1.82) is 0 Å². The Morgan fingerprint density at radius 1 is 1.15 bits per heavy atom. The van der Waals surface area contributed by atoms with Crippen molar-refractivity contribution in [1.82, 2.24) is 15.3 Å². The minimum absolute atomic E-state index is 0.249. The molecule has 0 bridgehead atoms. The fourth-order valence-corrected chi connectivity index (χ4v) is 3.49. The highest BCUT2D eigenvalue weighted by atomic mass is 79.9. The van der Waals surface area contributed by atoms with Crippen LogP contribution in [0.25, 0.3) is 11.0 Å². The molecule has 0 aliphatic carbocycles. The zero-order valence-electron chi connectivity index (χ0n) is 14.0. The summed E-state index contributed by atoms with van der Waals surface area (Å²) in [6, 6.07) is 10.9. The third-order valence-corrected chi connectivity index (χ3v) is 4.84. The molecule has 2 heterocycles. The van der Waals surface area contributed by atoms with Gasteiger partial charge in [-0.15, -0.1) is 0 Å². The third kappa shape index (κ3) is 3.22. The Bertz CT molecular complexity index is 993. The van der Waals surface area contributed by atoms with Gasteiger partial charge in [0, 0.05) is 4.47 Å². The van der Waals surface area contributed by atoms with Gasteiger partial charge in [0.05, 0.1) is 23.3 Å². The summed E-state index contributed by atoms with van der Waals surface area (Å²) >= 11 is 3.54. The SMILES string of the molecule is C[C@@H](NC(=O)c1cnc2ccccc2n1)c1cc2c(cc1Br)OCCO2. The molecule has 6 nitrogen and oxygen atoms in total. The van der Waals surface area contributed by atoms with Crippen LogP contribution >= 0.6 is 15.9 Å². The summed E-state index contributed by atoms with van der Waals surface area (Å²) in [5.74, 6) is 1.10. The maximum atomic E-state index is 12.6. The van der Waals surface area contributed by atoms with E-state index in [9.17, 15) is 4.79 Å². The molecular weight excluding hydrogens is 398 g/mol. The molecule has 1 aromatic heterocycles. The zero-order chi connectivity index (χ0) is 18.1. The second-order valence-corrected chi connectivity index (χ2v) is 6.81. The summed E-state index contributed by atoms with van der Waals surface area (Å²) < 4.78 is 12.0. The summed E-state index contributed by atoms with van der Waals surface area (Å²) in [4.78, 5) is 21.3. The Balaban J connectivity index is 1.57. The predicted octanol–water partition coefficient (Wildman–Crippen LogP) is 3.65. The molecule has 132 valence electrons. The van der Waals surface area contributed by atoms with Gasteiger partial charge >= 0.3 is 0 Å². The van der Waals surface area contributed by atoms with Crippen LogP contribution in [0.1, 0.15) is 29.0 Å². The highest BCUT2D eigenvalue weighted by Gasteiger charge is 2.20. The van der Waals surface area contributed by atoms with E-state index in [0.717, 1.165) is 15.6 Å². The first-order valence-electron chi connectivity index (χ1n) is 8.23. The predicted molar refractivity (Wildman–Crippen MR) is 101 cm³/mol. The van der Waals surface area contributed by atoms with Crippen molar-refractivity contribution in [2.75, 3.05) is 13.2 Å². The van der Waals surface area contributed by atoms with E-state index in [1.807, 2.05) is 43.3 Å². The van der Waals surface area contributed by atoms with Crippen molar-refractivity contribution in [2.24, 2.45) is 0 Å². The van der Waals surface area contributed by atoms with E-state index in [2.05, 4.69) is 31.2 Å². The summed E-state index contributed by atoms with van der Waals surface area (Å²) in [5.41, 5.74) is 2.63. The first kappa shape index (κ1) is 16.8. The average molecular weight is 414 g/mol. The first-order valence-corrected chi connectivity index (χ1v) is 9.03. The van der Waals surface area contributed by atoms with Gasteiger partial charge in [-0.25, -0.2) is 4.98 Å². The lowest BCUT2D eigenvalue weighted by molar-refractivity contribution is 0.0934. The number of ether oxygens (including phenoxy) is 2. The maximum absolute atomic E-state index is 12.6. The van der Waals surface area contributed by atoms with Crippen LogP contribution < -0.4 is 14.8 Å². The van der Waals surface area contributed by atoms with E-state index >= 15 is 0 Å². The number of hydrogen-bond donors (Lipinski definition) is 1. The van der Waals surface area contributed by atoms with Crippen molar-refractivity contribution in [2.45, 2.75) is 13.0 Å². The first-order chi connectivity index (χ1) is 12.6. The Labute approximate surface area is 158 Å². The number of para-hydroxylation sites is 2. The number of rotatable bonds is 3. The second-order valence-electron chi connectivity index (χ2n) is 5.96. The number of aromatic nitrogens is 2. The van der Waals surface area contributed by atoms with Gasteiger partial charge in [0.15, 0.2) is 11.5 Å². The second kappa shape index (κ2) is 6.92. The quantitative estimate of drug-likeness (QED) is 0.709. The van der Waals surface area contributed by atoms with Gasteiger partial charge in [-0.3, -0.25) is 9.78 Å². The molecule has 1 N–H and O–H groups in total. The number of carbonyl (C=O) groups excluding carboxylic acids is 1. The minimum Gasteiger partial charge on any atom is -0.486 e. The van der Waals surface area contributed by atoms with Crippen LogP contribution in [0.3, 0.4) is 0 Å².